The summed E-state index contributed by atoms with van der Waals surface area (Å²) in [5.41, 5.74) is 0. The van der Waals surface area contributed by atoms with Crippen molar-refractivity contribution in [2.75, 3.05) is 0 Å². The first-order valence-electron chi connectivity index (χ1n) is 5.32. The lowest BCUT2D eigenvalue weighted by Gasteiger charge is -2.33. The van der Waals surface area contributed by atoms with E-state index in [-0.39, 0.29) is 12.1 Å². The summed E-state index contributed by atoms with van der Waals surface area (Å²) in [6.07, 6.45) is 2.36. The molecule has 1 aliphatic carbocycles. The molecule has 5 nitrogen and oxygen atoms in total. The van der Waals surface area contributed by atoms with Gasteiger partial charge in [-0.05, 0) is 25.2 Å². The van der Waals surface area contributed by atoms with Gasteiger partial charge < -0.3 is 15.7 Å². The van der Waals surface area contributed by atoms with Gasteiger partial charge in [-0.25, -0.2) is 9.59 Å². The van der Waals surface area contributed by atoms with Gasteiger partial charge in [-0.3, -0.25) is 0 Å². The first-order chi connectivity index (χ1) is 7.02. The molecule has 86 valence electrons. The first-order valence-corrected chi connectivity index (χ1v) is 5.32. The van der Waals surface area contributed by atoms with E-state index in [1.165, 1.54) is 0 Å². The third-order valence-corrected chi connectivity index (χ3v) is 2.72. The summed E-state index contributed by atoms with van der Waals surface area (Å²) in [7, 11) is 0. The molecule has 1 atom stereocenters. The van der Waals surface area contributed by atoms with Crippen LogP contribution in [0.4, 0.5) is 4.79 Å². The van der Waals surface area contributed by atoms with Crippen LogP contribution in [0.15, 0.2) is 0 Å². The largest absolute Gasteiger partial charge is 0.480 e. The number of amides is 2. The Balaban J connectivity index is 2.25. The van der Waals surface area contributed by atoms with Gasteiger partial charge in [-0.2, -0.15) is 0 Å². The predicted octanol–water partition coefficient (Wildman–Crippen LogP) is 0.947. The van der Waals surface area contributed by atoms with E-state index in [2.05, 4.69) is 17.6 Å². The van der Waals surface area contributed by atoms with Crippen LogP contribution in [0.5, 0.6) is 0 Å². The molecular weight excluding hydrogens is 196 g/mol. The third-order valence-electron chi connectivity index (χ3n) is 2.72. The minimum absolute atomic E-state index is 0.214. The van der Waals surface area contributed by atoms with Crippen LogP contribution in [0.3, 0.4) is 0 Å². The fourth-order valence-electron chi connectivity index (χ4n) is 1.74. The van der Waals surface area contributed by atoms with E-state index in [0.29, 0.717) is 12.3 Å². The second-order valence-electron chi connectivity index (χ2n) is 4.19. The highest BCUT2D eigenvalue weighted by atomic mass is 16.4. The normalized spacial score (nSPS) is 26.3. The van der Waals surface area contributed by atoms with Crippen molar-refractivity contribution in [3.8, 4) is 0 Å². The summed E-state index contributed by atoms with van der Waals surface area (Å²) in [6, 6.07) is -0.949. The molecule has 5 heteroatoms. The highest BCUT2D eigenvalue weighted by Crippen LogP contribution is 2.25. The maximum Gasteiger partial charge on any atom is 0.326 e. The van der Waals surface area contributed by atoms with Crippen LogP contribution in [0.2, 0.25) is 0 Å². The third kappa shape index (κ3) is 3.42. The number of aliphatic carboxylic acids is 1. The van der Waals surface area contributed by atoms with E-state index in [0.717, 1.165) is 12.8 Å². The zero-order valence-electron chi connectivity index (χ0n) is 9.12. The Bertz CT molecular complexity index is 249. The van der Waals surface area contributed by atoms with Crippen LogP contribution < -0.4 is 10.6 Å². The lowest BCUT2D eigenvalue weighted by molar-refractivity contribution is -0.139. The van der Waals surface area contributed by atoms with Crippen molar-refractivity contribution in [2.45, 2.75) is 45.2 Å². The topological polar surface area (TPSA) is 78.4 Å². The number of nitrogens with one attached hydrogen (secondary N) is 2. The van der Waals surface area contributed by atoms with Crippen LogP contribution in [0.1, 0.15) is 33.1 Å². The molecule has 0 bridgehead atoms. The number of carboxylic acid groups (broad SMARTS) is 1. The van der Waals surface area contributed by atoms with E-state index < -0.39 is 12.0 Å². The summed E-state index contributed by atoms with van der Waals surface area (Å²) in [5.74, 6) is -0.327. The quantitative estimate of drug-likeness (QED) is 0.652. The Morgan fingerprint density at radius 2 is 2.07 bits per heavy atom. The minimum Gasteiger partial charge on any atom is -0.480 e. The monoisotopic (exact) mass is 214 g/mol. The smallest absolute Gasteiger partial charge is 0.326 e. The second-order valence-corrected chi connectivity index (χ2v) is 4.19. The lowest BCUT2D eigenvalue weighted by Crippen LogP contribution is -2.51. The molecule has 1 saturated carbocycles. The molecule has 0 aromatic rings. The predicted molar refractivity (Wildman–Crippen MR) is 55.6 cm³/mol. The molecule has 3 N–H and O–H groups in total. The Morgan fingerprint density at radius 3 is 2.47 bits per heavy atom. The number of rotatable bonds is 4. The van der Waals surface area contributed by atoms with E-state index in [1.807, 2.05) is 0 Å². The van der Waals surface area contributed by atoms with Crippen molar-refractivity contribution in [2.24, 2.45) is 5.92 Å². The van der Waals surface area contributed by atoms with Gasteiger partial charge in [0.1, 0.15) is 6.04 Å². The van der Waals surface area contributed by atoms with Crippen LogP contribution in [-0.2, 0) is 4.79 Å². The molecule has 1 aliphatic rings. The molecule has 0 radical (unpaired) electrons. The second kappa shape index (κ2) is 5.00. The molecule has 1 rings (SSSR count). The number of urea groups is 1. The Labute approximate surface area is 89.2 Å². The summed E-state index contributed by atoms with van der Waals surface area (Å²) < 4.78 is 0. The van der Waals surface area contributed by atoms with Gasteiger partial charge in [0.2, 0.25) is 0 Å². The standard InChI is InChI=1S/C10H18N2O3/c1-3-8(9(13)14)12-10(15)11-7-4-6(2)5-7/h6-8H,3-5H2,1-2H3,(H,13,14)(H2,11,12,15)/t6?,7?,8-/m0/s1. The lowest BCUT2D eigenvalue weighted by atomic mass is 9.82. The number of hydrogen-bond acceptors (Lipinski definition) is 2. The molecule has 0 heterocycles. The molecule has 1 fully saturated rings. The molecule has 0 unspecified atom stereocenters. The molecule has 15 heavy (non-hydrogen) atoms. The molecule has 0 aromatic carbocycles. The fraction of sp³-hybridized carbons (Fsp3) is 0.800. The molecule has 0 saturated heterocycles. The Kier molecular flexibility index (Phi) is 3.94. The number of carbonyl (C=O) groups excluding carboxylic acids is 1. The van der Waals surface area contributed by atoms with Crippen molar-refractivity contribution in [1.82, 2.24) is 10.6 Å². The van der Waals surface area contributed by atoms with E-state index in [9.17, 15) is 9.59 Å². The first kappa shape index (κ1) is 11.8. The van der Waals surface area contributed by atoms with Gasteiger partial charge in [-0.1, -0.05) is 13.8 Å². The highest BCUT2D eigenvalue weighted by Gasteiger charge is 2.27. The zero-order valence-corrected chi connectivity index (χ0v) is 9.12. The Hall–Kier alpha value is -1.26. The highest BCUT2D eigenvalue weighted by molar-refractivity contribution is 5.82. The van der Waals surface area contributed by atoms with Gasteiger partial charge >= 0.3 is 12.0 Å². The van der Waals surface area contributed by atoms with Crippen LogP contribution in [0, 0.1) is 5.92 Å². The number of hydrogen-bond donors (Lipinski definition) is 3. The van der Waals surface area contributed by atoms with Gasteiger partial charge in [-0.15, -0.1) is 0 Å². The summed E-state index contributed by atoms with van der Waals surface area (Å²) in [6.45, 7) is 3.85. The minimum atomic E-state index is -0.991. The molecule has 2 amide bonds. The van der Waals surface area contributed by atoms with Crippen molar-refractivity contribution in [3.63, 3.8) is 0 Å². The van der Waals surface area contributed by atoms with E-state index in [4.69, 9.17) is 5.11 Å². The SMILES string of the molecule is CC[C@H](NC(=O)NC1CC(C)C1)C(=O)O. The zero-order chi connectivity index (χ0) is 11.4. The average molecular weight is 214 g/mol. The van der Waals surface area contributed by atoms with E-state index >= 15 is 0 Å². The van der Waals surface area contributed by atoms with Crippen LogP contribution in [0.25, 0.3) is 0 Å². The summed E-state index contributed by atoms with van der Waals surface area (Å²) in [4.78, 5) is 22.0. The van der Waals surface area contributed by atoms with Gasteiger partial charge in [0.05, 0.1) is 0 Å². The number of carbonyl (C=O) groups is 2. The molecule has 0 spiro atoms. The molecule has 0 aliphatic heterocycles. The summed E-state index contributed by atoms with van der Waals surface area (Å²) >= 11 is 0. The molecule has 0 aromatic heterocycles. The van der Waals surface area contributed by atoms with Gasteiger partial charge in [0.15, 0.2) is 0 Å². The fourth-order valence-corrected chi connectivity index (χ4v) is 1.74. The van der Waals surface area contributed by atoms with Gasteiger partial charge in [0, 0.05) is 6.04 Å². The maximum absolute atomic E-state index is 11.3. The van der Waals surface area contributed by atoms with E-state index in [1.54, 1.807) is 6.92 Å². The maximum atomic E-state index is 11.3. The van der Waals surface area contributed by atoms with Crippen LogP contribution in [-0.4, -0.2) is 29.2 Å². The Morgan fingerprint density at radius 1 is 1.47 bits per heavy atom. The van der Waals surface area contributed by atoms with Crippen molar-refractivity contribution in [3.05, 3.63) is 0 Å². The molecular formula is C10H18N2O3. The van der Waals surface area contributed by atoms with Crippen molar-refractivity contribution < 1.29 is 14.7 Å². The van der Waals surface area contributed by atoms with Crippen molar-refractivity contribution in [1.29, 1.82) is 0 Å². The average Bonchev–Trinajstić information content (AvgIpc) is 2.11. The van der Waals surface area contributed by atoms with Crippen molar-refractivity contribution >= 4 is 12.0 Å². The van der Waals surface area contributed by atoms with Gasteiger partial charge in [0.25, 0.3) is 0 Å². The number of carboxylic acids is 1. The van der Waals surface area contributed by atoms with Crippen LogP contribution >= 0.6 is 0 Å². The summed E-state index contributed by atoms with van der Waals surface area (Å²) in [5, 5.41) is 13.9.